The fourth-order valence-electron chi connectivity index (χ4n) is 3.12. The Hall–Kier alpha value is -0.511. The summed E-state index contributed by atoms with van der Waals surface area (Å²) < 4.78 is 10.8. The maximum absolute atomic E-state index is 12.3. The summed E-state index contributed by atoms with van der Waals surface area (Å²) in [6, 6.07) is 9.44. The van der Waals surface area contributed by atoms with Crippen molar-refractivity contribution in [3.8, 4) is 0 Å². The van der Waals surface area contributed by atoms with E-state index in [0.717, 1.165) is 4.62 Å². The molecule has 0 aliphatic carbocycles. The van der Waals surface area contributed by atoms with E-state index < -0.39 is 18.4 Å². The van der Waals surface area contributed by atoms with Crippen molar-refractivity contribution >= 4 is 24.3 Å². The van der Waals surface area contributed by atoms with E-state index in [1.54, 1.807) is 0 Å². The molecular formula is C20H34O2Sn. The van der Waals surface area contributed by atoms with Gasteiger partial charge in [-0.1, -0.05) is 0 Å². The van der Waals surface area contributed by atoms with Crippen LogP contribution in [0, 0.1) is 0 Å². The van der Waals surface area contributed by atoms with Crippen molar-refractivity contribution in [1.82, 2.24) is 0 Å². The predicted molar refractivity (Wildman–Crippen MR) is 102 cm³/mol. The van der Waals surface area contributed by atoms with Crippen LogP contribution < -0.4 is 0 Å². The fourth-order valence-corrected chi connectivity index (χ4v) is 17.2. The van der Waals surface area contributed by atoms with Crippen molar-refractivity contribution < 1.29 is 9.53 Å². The Labute approximate surface area is 146 Å². The van der Waals surface area contributed by atoms with E-state index in [2.05, 4.69) is 20.8 Å². The van der Waals surface area contributed by atoms with Crippen LogP contribution in [0.4, 0.5) is 0 Å². The third-order valence-electron chi connectivity index (χ3n) is 4.70. The Morgan fingerprint density at radius 2 is 1.35 bits per heavy atom. The molecule has 2 nitrogen and oxygen atoms in total. The van der Waals surface area contributed by atoms with Gasteiger partial charge >= 0.3 is 147 Å². The average molecular weight is 429 g/mol. The molecule has 0 spiro atoms. The predicted octanol–water partition coefficient (Wildman–Crippen LogP) is 6.23. The van der Waals surface area contributed by atoms with Crippen LogP contribution in [0.2, 0.25) is 13.3 Å². The molecule has 130 valence electrons. The molecule has 0 aliphatic heterocycles. The van der Waals surface area contributed by atoms with Gasteiger partial charge in [-0.25, -0.2) is 0 Å². The second kappa shape index (κ2) is 11.9. The molecule has 3 heteroatoms. The molecule has 0 amide bonds. The number of esters is 1. The Bertz CT molecular complexity index is 409. The third-order valence-corrected chi connectivity index (χ3v) is 19.0. The summed E-state index contributed by atoms with van der Waals surface area (Å²) in [5, 5.41) is 0. The zero-order chi connectivity index (χ0) is 17.0. The van der Waals surface area contributed by atoms with E-state index in [1.165, 1.54) is 51.8 Å². The summed E-state index contributed by atoms with van der Waals surface area (Å²) in [6.07, 6.45) is 7.70. The molecule has 0 fully saturated rings. The van der Waals surface area contributed by atoms with E-state index in [9.17, 15) is 4.79 Å². The number of hydrogen-bond donors (Lipinski definition) is 0. The van der Waals surface area contributed by atoms with Crippen LogP contribution in [0.3, 0.4) is 0 Å². The van der Waals surface area contributed by atoms with E-state index in [1.807, 2.05) is 30.3 Å². The van der Waals surface area contributed by atoms with Gasteiger partial charge in [0.2, 0.25) is 0 Å². The quantitative estimate of drug-likeness (QED) is 0.224. The van der Waals surface area contributed by atoms with Gasteiger partial charge < -0.3 is 0 Å². The standard InChI is InChI=1S/C8H7O2.3C4H9.Sn/c1-10-8(9)7-5-3-2-4-6-7;3*1-3-4-2;/h2-6H,1H2;3*1,3-4H2,2H3;/i9+2,10+2;;;;. The van der Waals surface area contributed by atoms with Crippen molar-refractivity contribution in [2.24, 2.45) is 0 Å². The van der Waals surface area contributed by atoms with E-state index in [-0.39, 0.29) is 5.97 Å². The molecule has 1 rings (SSSR count). The minimum atomic E-state index is -2.35. The van der Waals surface area contributed by atoms with Gasteiger partial charge in [0.1, 0.15) is 0 Å². The van der Waals surface area contributed by atoms with Crippen molar-refractivity contribution in [3.05, 3.63) is 35.9 Å². The number of hydrogen-bond acceptors (Lipinski definition) is 2. The van der Waals surface area contributed by atoms with Crippen LogP contribution in [0.15, 0.2) is 30.3 Å². The third kappa shape index (κ3) is 7.73. The number of rotatable bonds is 12. The molecule has 23 heavy (non-hydrogen) atoms. The van der Waals surface area contributed by atoms with Crippen molar-refractivity contribution in [1.29, 1.82) is 0 Å². The molecule has 0 saturated heterocycles. The van der Waals surface area contributed by atoms with E-state index >= 15 is 0 Å². The molecule has 0 bridgehead atoms. The van der Waals surface area contributed by atoms with Gasteiger partial charge in [-0.15, -0.1) is 0 Å². The average Bonchev–Trinajstić information content (AvgIpc) is 2.61. The summed E-state index contributed by atoms with van der Waals surface area (Å²) in [7, 11) is 0. The van der Waals surface area contributed by atoms with Gasteiger partial charge in [0.25, 0.3) is 0 Å². The Balaban J connectivity index is 2.73. The van der Waals surface area contributed by atoms with Crippen molar-refractivity contribution in [2.75, 3.05) is 4.62 Å². The first kappa shape index (κ1) is 20.5. The molecule has 0 atom stereocenters. The monoisotopic (exact) mass is 430 g/mol. The zero-order valence-electron chi connectivity index (χ0n) is 15.3. The number of unbranched alkanes of at least 4 members (excludes halogenated alkanes) is 3. The fraction of sp³-hybridized carbons (Fsp3) is 0.650. The van der Waals surface area contributed by atoms with Gasteiger partial charge in [0, 0.05) is 0 Å². The summed E-state index contributed by atoms with van der Waals surface area (Å²) in [5.74, 6) is -0.129. The molecule has 0 aromatic heterocycles. The number of carbonyl (C=O) groups excluding carboxylic acids is 1. The van der Waals surface area contributed by atoms with Crippen LogP contribution in [0.25, 0.3) is 0 Å². The summed E-state index contributed by atoms with van der Waals surface area (Å²) in [4.78, 5) is 12.3. The van der Waals surface area contributed by atoms with Gasteiger partial charge in [0.15, 0.2) is 0 Å². The molecule has 0 unspecified atom stereocenters. The van der Waals surface area contributed by atoms with E-state index in [0.29, 0.717) is 5.56 Å². The molecule has 0 saturated carbocycles. The molecule has 0 heterocycles. The topological polar surface area (TPSA) is 26.3 Å². The van der Waals surface area contributed by atoms with Crippen LogP contribution in [0.5, 0.6) is 0 Å². The second-order valence-electron chi connectivity index (χ2n) is 6.75. The van der Waals surface area contributed by atoms with Gasteiger partial charge in [-0.05, 0) is 0 Å². The summed E-state index contributed by atoms with van der Waals surface area (Å²) in [5.41, 5.74) is 0.689. The number of ether oxygens (including phenoxy) is 1. The Morgan fingerprint density at radius 3 is 1.78 bits per heavy atom. The molecule has 0 aliphatic rings. The normalized spacial score (nSPS) is 11.4. The van der Waals surface area contributed by atoms with Crippen LogP contribution >= 0.6 is 0 Å². The first-order valence-electron chi connectivity index (χ1n) is 9.39. The van der Waals surface area contributed by atoms with Crippen molar-refractivity contribution in [2.45, 2.75) is 72.6 Å². The molecule has 1 aromatic carbocycles. The maximum atomic E-state index is 12.3. The minimum absolute atomic E-state index is 0.129. The van der Waals surface area contributed by atoms with E-state index in [4.69, 9.17) is 4.74 Å². The summed E-state index contributed by atoms with van der Waals surface area (Å²) >= 11 is -2.35. The second-order valence-corrected chi connectivity index (χ2v) is 20.4. The van der Waals surface area contributed by atoms with Crippen molar-refractivity contribution in [3.63, 3.8) is 0 Å². The SMILES string of the molecule is CCC[CH2][Sn]([CH2]CCC)([CH2]CCC)[CH2][18O]C(=[18O])c1ccccc1. The molecule has 0 radical (unpaired) electrons. The molecule has 1 aromatic rings. The van der Waals surface area contributed by atoms with Crippen LogP contribution in [0.1, 0.15) is 69.7 Å². The Kier molecular flexibility index (Phi) is 10.7. The van der Waals surface area contributed by atoms with Crippen LogP contribution in [-0.4, -0.2) is 29.0 Å². The first-order chi connectivity index (χ1) is 11.2. The number of carbonyl (C=O) groups is 1. The van der Waals surface area contributed by atoms with Gasteiger partial charge in [-0.3, -0.25) is 0 Å². The van der Waals surface area contributed by atoms with Gasteiger partial charge in [-0.2, -0.15) is 0 Å². The Morgan fingerprint density at radius 1 is 0.870 bits per heavy atom. The molecule has 0 N–H and O–H groups in total. The zero-order valence-corrected chi connectivity index (χ0v) is 18.1. The summed E-state index contributed by atoms with van der Waals surface area (Å²) in [6.45, 7) is 6.81. The van der Waals surface area contributed by atoms with Gasteiger partial charge in [0.05, 0.1) is 0 Å². The molecular weight excluding hydrogens is 395 g/mol. The first-order valence-corrected chi connectivity index (χ1v) is 17.5. The number of benzene rings is 1. The van der Waals surface area contributed by atoms with Crippen LogP contribution in [-0.2, 0) is 4.74 Å².